The molecular weight excluding hydrogens is 517 g/mol. The summed E-state index contributed by atoms with van der Waals surface area (Å²) in [6.45, 7) is 3.48. The van der Waals surface area contributed by atoms with E-state index in [1.54, 1.807) is 61.5 Å². The average molecular weight is 550 g/mol. The van der Waals surface area contributed by atoms with Crippen molar-refractivity contribution in [2.24, 2.45) is 0 Å². The summed E-state index contributed by atoms with van der Waals surface area (Å²) in [5, 5.41) is 14.9. The van der Waals surface area contributed by atoms with Crippen LogP contribution in [0.15, 0.2) is 78.9 Å². The van der Waals surface area contributed by atoms with E-state index in [9.17, 15) is 23.9 Å². The Hall–Kier alpha value is -4.70. The predicted molar refractivity (Wildman–Crippen MR) is 151 cm³/mol. The highest BCUT2D eigenvalue weighted by Crippen LogP contribution is 2.30. The van der Waals surface area contributed by atoms with Gasteiger partial charge in [-0.1, -0.05) is 24.3 Å². The van der Waals surface area contributed by atoms with E-state index in [-0.39, 0.29) is 23.9 Å². The Labute approximate surface area is 231 Å². The molecule has 40 heavy (non-hydrogen) atoms. The van der Waals surface area contributed by atoms with Crippen LogP contribution in [0.5, 0.6) is 5.75 Å². The number of carbonyl (C=O) groups excluding carboxylic acids is 3. The van der Waals surface area contributed by atoms with Crippen LogP contribution < -0.4 is 16.4 Å². The molecular formula is C30H32FN3O6. The number of hydrogen-bond acceptors (Lipinski definition) is 7. The zero-order valence-electron chi connectivity index (χ0n) is 22.2. The quantitative estimate of drug-likeness (QED) is 0.124. The number of nitrogens with two attached hydrogens (primary N) is 1. The Kier molecular flexibility index (Phi) is 10.8. The van der Waals surface area contributed by atoms with E-state index in [1.165, 1.54) is 25.1 Å². The van der Waals surface area contributed by atoms with Gasteiger partial charge in [-0.3, -0.25) is 14.9 Å². The minimum absolute atomic E-state index is 0.112. The molecule has 5 N–H and O–H groups in total. The van der Waals surface area contributed by atoms with Gasteiger partial charge in [-0.25, -0.2) is 9.18 Å². The number of benzene rings is 3. The Morgan fingerprint density at radius 3 is 2.42 bits per heavy atom. The van der Waals surface area contributed by atoms with Crippen molar-refractivity contribution >= 4 is 34.8 Å². The lowest BCUT2D eigenvalue weighted by Gasteiger charge is -2.27. The standard InChI is InChI=1S/C30H32FN3O6/c1-3-39-27(10-6-7-11-28(37)34-25-9-5-4-8-24(25)32)29(21-14-17-26(36)23(31)18-21)40-30(38)33-22-15-12-20(13-16-22)19(2)35/h4-5,7-9,11-18,27,29,36H,3,6,10,32H2,1-2H3,(H,33,38)(H,34,37)/b11-7+/t27-,29-/m0/s1. The fourth-order valence-corrected chi connectivity index (χ4v) is 3.88. The first-order chi connectivity index (χ1) is 19.2. The van der Waals surface area contributed by atoms with Crippen molar-refractivity contribution in [1.82, 2.24) is 0 Å². The molecule has 0 aliphatic heterocycles. The van der Waals surface area contributed by atoms with Crippen molar-refractivity contribution in [1.29, 1.82) is 0 Å². The number of phenols is 1. The van der Waals surface area contributed by atoms with Gasteiger partial charge in [0.2, 0.25) is 5.91 Å². The molecule has 0 spiro atoms. The van der Waals surface area contributed by atoms with Crippen LogP contribution >= 0.6 is 0 Å². The van der Waals surface area contributed by atoms with Gasteiger partial charge in [-0.2, -0.15) is 0 Å². The zero-order chi connectivity index (χ0) is 29.1. The van der Waals surface area contributed by atoms with Crippen LogP contribution in [0.2, 0.25) is 0 Å². The third-order valence-corrected chi connectivity index (χ3v) is 5.90. The second-order valence-electron chi connectivity index (χ2n) is 8.85. The number of amides is 2. The van der Waals surface area contributed by atoms with E-state index in [4.69, 9.17) is 15.2 Å². The topological polar surface area (TPSA) is 140 Å². The molecule has 0 saturated carbocycles. The molecule has 0 unspecified atom stereocenters. The van der Waals surface area contributed by atoms with Gasteiger partial charge >= 0.3 is 6.09 Å². The summed E-state index contributed by atoms with van der Waals surface area (Å²) in [5.41, 5.74) is 7.95. The number of rotatable bonds is 12. The molecule has 0 radical (unpaired) electrons. The monoisotopic (exact) mass is 549 g/mol. The fourth-order valence-electron chi connectivity index (χ4n) is 3.88. The molecule has 0 heterocycles. The fraction of sp³-hybridized carbons (Fsp3) is 0.233. The maximum Gasteiger partial charge on any atom is 0.412 e. The maximum atomic E-state index is 14.2. The highest BCUT2D eigenvalue weighted by atomic mass is 19.1. The molecule has 9 nitrogen and oxygen atoms in total. The molecule has 210 valence electrons. The van der Waals surface area contributed by atoms with E-state index >= 15 is 0 Å². The number of aromatic hydroxyl groups is 1. The number of ether oxygens (including phenoxy) is 2. The third-order valence-electron chi connectivity index (χ3n) is 5.90. The molecule has 3 rings (SSSR count). The first kappa shape index (κ1) is 29.9. The van der Waals surface area contributed by atoms with Crippen LogP contribution in [0.3, 0.4) is 0 Å². The van der Waals surface area contributed by atoms with Crippen molar-refractivity contribution in [2.45, 2.75) is 38.9 Å². The number of nitrogen functional groups attached to an aromatic ring is 1. The zero-order valence-corrected chi connectivity index (χ0v) is 22.2. The number of ketones is 1. The molecule has 0 bridgehead atoms. The second-order valence-corrected chi connectivity index (χ2v) is 8.85. The van der Waals surface area contributed by atoms with Crippen LogP contribution in [0.25, 0.3) is 0 Å². The molecule has 2 amide bonds. The number of phenolic OH excluding ortho intramolecular Hbond substituents is 1. The number of Topliss-reactive ketones (excluding diaryl/α,β-unsaturated/α-hetero) is 1. The van der Waals surface area contributed by atoms with E-state index in [1.807, 2.05) is 0 Å². The van der Waals surface area contributed by atoms with Crippen LogP contribution in [0, 0.1) is 5.82 Å². The summed E-state index contributed by atoms with van der Waals surface area (Å²) in [4.78, 5) is 36.6. The number of nitrogens with one attached hydrogen (secondary N) is 2. The highest BCUT2D eigenvalue weighted by molar-refractivity contribution is 6.01. The Morgan fingerprint density at radius 1 is 1.05 bits per heavy atom. The molecule has 0 aliphatic carbocycles. The highest BCUT2D eigenvalue weighted by Gasteiger charge is 2.28. The van der Waals surface area contributed by atoms with Crippen molar-refractivity contribution in [2.75, 3.05) is 23.0 Å². The smallest absolute Gasteiger partial charge is 0.412 e. The Balaban J connectivity index is 1.72. The average Bonchev–Trinajstić information content (AvgIpc) is 2.92. The summed E-state index contributed by atoms with van der Waals surface area (Å²) < 4.78 is 25.8. The van der Waals surface area contributed by atoms with Gasteiger partial charge in [0, 0.05) is 17.9 Å². The molecule has 0 aliphatic rings. The minimum Gasteiger partial charge on any atom is -0.505 e. The number of carbonyl (C=O) groups is 3. The van der Waals surface area contributed by atoms with Crippen LogP contribution in [0.1, 0.15) is 48.7 Å². The van der Waals surface area contributed by atoms with Crippen LogP contribution in [-0.4, -0.2) is 35.6 Å². The van der Waals surface area contributed by atoms with Gasteiger partial charge in [0.25, 0.3) is 0 Å². The van der Waals surface area contributed by atoms with Gasteiger partial charge < -0.3 is 25.6 Å². The van der Waals surface area contributed by atoms with Crippen molar-refractivity contribution in [3.8, 4) is 5.75 Å². The van der Waals surface area contributed by atoms with Crippen molar-refractivity contribution in [3.05, 3.63) is 95.8 Å². The summed E-state index contributed by atoms with van der Waals surface area (Å²) in [7, 11) is 0. The first-order valence-corrected chi connectivity index (χ1v) is 12.7. The number of anilines is 3. The molecule has 3 aromatic carbocycles. The lowest BCUT2D eigenvalue weighted by atomic mass is 9.99. The van der Waals surface area contributed by atoms with Gasteiger partial charge in [-0.15, -0.1) is 0 Å². The minimum atomic E-state index is -1.04. The van der Waals surface area contributed by atoms with E-state index in [2.05, 4.69) is 10.6 Å². The van der Waals surface area contributed by atoms with E-state index in [0.717, 1.165) is 6.07 Å². The largest absolute Gasteiger partial charge is 0.505 e. The predicted octanol–water partition coefficient (Wildman–Crippen LogP) is 5.99. The van der Waals surface area contributed by atoms with Gasteiger partial charge in [0.05, 0.1) is 17.5 Å². The summed E-state index contributed by atoms with van der Waals surface area (Å²) in [6, 6.07) is 16.8. The summed E-state index contributed by atoms with van der Waals surface area (Å²) in [5.74, 6) is -1.90. The first-order valence-electron chi connectivity index (χ1n) is 12.7. The van der Waals surface area contributed by atoms with E-state index < -0.39 is 29.9 Å². The molecule has 0 saturated heterocycles. The SMILES string of the molecule is CCO[C@@H](CC/C=C/C(=O)Nc1ccccc1N)[C@@H](OC(=O)Nc1ccc(C(C)=O)cc1)c1ccc(O)c(F)c1. The molecule has 0 aromatic heterocycles. The Morgan fingerprint density at radius 2 is 1.77 bits per heavy atom. The molecule has 10 heteroatoms. The normalized spacial score (nSPS) is 12.5. The lowest BCUT2D eigenvalue weighted by molar-refractivity contribution is -0.111. The van der Waals surface area contributed by atoms with Crippen molar-refractivity contribution < 1.29 is 33.4 Å². The number of para-hydroxylation sites is 2. The summed E-state index contributed by atoms with van der Waals surface area (Å²) >= 11 is 0. The molecule has 2 atom stereocenters. The molecule has 0 fully saturated rings. The number of halogens is 1. The lowest BCUT2D eigenvalue weighted by Crippen LogP contribution is -2.29. The van der Waals surface area contributed by atoms with Gasteiger partial charge in [-0.05, 0) is 86.9 Å². The maximum absolute atomic E-state index is 14.2. The van der Waals surface area contributed by atoms with Crippen molar-refractivity contribution in [3.63, 3.8) is 0 Å². The molecule has 3 aromatic rings. The van der Waals surface area contributed by atoms with Gasteiger partial charge in [0.15, 0.2) is 23.5 Å². The number of allylic oxidation sites excluding steroid dienone is 1. The third kappa shape index (κ3) is 8.67. The van der Waals surface area contributed by atoms with Gasteiger partial charge in [0.1, 0.15) is 0 Å². The van der Waals surface area contributed by atoms with Crippen LogP contribution in [0.4, 0.5) is 26.2 Å². The summed E-state index contributed by atoms with van der Waals surface area (Å²) in [6.07, 6.45) is 1.12. The van der Waals surface area contributed by atoms with E-state index in [0.29, 0.717) is 35.5 Å². The number of hydrogen-bond donors (Lipinski definition) is 4. The Bertz CT molecular complexity index is 1360. The van der Waals surface area contributed by atoms with Crippen LogP contribution in [-0.2, 0) is 14.3 Å². The second kappa shape index (κ2) is 14.5.